The molecule has 2 rings (SSSR count). The Morgan fingerprint density at radius 1 is 1.32 bits per heavy atom. The van der Waals surface area contributed by atoms with Gasteiger partial charge in [0.15, 0.2) is 11.6 Å². The van der Waals surface area contributed by atoms with Crippen molar-refractivity contribution in [1.82, 2.24) is 0 Å². The van der Waals surface area contributed by atoms with E-state index in [1.807, 2.05) is 18.2 Å². The zero-order valence-electron chi connectivity index (χ0n) is 10.3. The maximum Gasteiger partial charge on any atom is 0.169 e. The van der Waals surface area contributed by atoms with E-state index in [4.69, 9.17) is 10.5 Å². The Balaban J connectivity index is 2.14. The molecule has 0 atom stereocenters. The summed E-state index contributed by atoms with van der Waals surface area (Å²) in [5, 5.41) is 0. The van der Waals surface area contributed by atoms with Gasteiger partial charge in [0, 0.05) is 26.4 Å². The molecule has 2 nitrogen and oxygen atoms in total. The molecule has 100 valence electrons. The predicted octanol–water partition coefficient (Wildman–Crippen LogP) is 4.47. The van der Waals surface area contributed by atoms with Gasteiger partial charge in [-0.05, 0) is 40.2 Å². The number of nitrogens with two attached hydrogens (primary N) is 1. The highest BCUT2D eigenvalue weighted by molar-refractivity contribution is 9.10. The first-order chi connectivity index (χ1) is 9.11. The second kappa shape index (κ2) is 6.30. The molecule has 2 aromatic rings. The molecule has 0 radical (unpaired) electrons. The summed E-state index contributed by atoms with van der Waals surface area (Å²) in [7, 11) is 1.46. The van der Waals surface area contributed by atoms with Crippen molar-refractivity contribution < 1.29 is 9.13 Å². The molecule has 0 saturated carbocycles. The monoisotopic (exact) mass is 341 g/mol. The van der Waals surface area contributed by atoms with Gasteiger partial charge in [-0.3, -0.25) is 0 Å². The van der Waals surface area contributed by atoms with E-state index in [2.05, 4.69) is 15.9 Å². The van der Waals surface area contributed by atoms with E-state index in [1.54, 1.807) is 30.0 Å². The van der Waals surface area contributed by atoms with Crippen LogP contribution in [0.2, 0.25) is 0 Å². The molecule has 2 aromatic carbocycles. The van der Waals surface area contributed by atoms with E-state index in [-0.39, 0.29) is 11.6 Å². The number of halogens is 2. The zero-order chi connectivity index (χ0) is 13.8. The van der Waals surface area contributed by atoms with Crippen molar-refractivity contribution >= 4 is 33.4 Å². The lowest BCUT2D eigenvalue weighted by molar-refractivity contribution is 0.385. The Labute approximate surface area is 124 Å². The van der Waals surface area contributed by atoms with E-state index >= 15 is 0 Å². The molecule has 0 aliphatic rings. The summed E-state index contributed by atoms with van der Waals surface area (Å²) in [6.07, 6.45) is 0. The van der Waals surface area contributed by atoms with Crippen LogP contribution >= 0.6 is 27.7 Å². The molecule has 0 saturated heterocycles. The van der Waals surface area contributed by atoms with Crippen LogP contribution in [0.25, 0.3) is 0 Å². The summed E-state index contributed by atoms with van der Waals surface area (Å²) in [5.41, 5.74) is 7.00. The molecular weight excluding hydrogens is 329 g/mol. The lowest BCUT2D eigenvalue weighted by Gasteiger charge is -2.08. The number of nitrogen functional groups attached to an aromatic ring is 1. The number of methoxy groups -OCH3 is 1. The number of thioether (sulfide) groups is 1. The molecular formula is C14H13BrFNOS. The molecule has 2 N–H and O–H groups in total. The molecule has 0 spiro atoms. The molecule has 0 aliphatic heterocycles. The normalized spacial score (nSPS) is 10.5. The number of rotatable bonds is 4. The average Bonchev–Trinajstić information content (AvgIpc) is 2.39. The van der Waals surface area contributed by atoms with E-state index in [0.29, 0.717) is 17.0 Å². The standard InChI is InChI=1S/C14H13BrFNOS/c1-18-12-4-2-3-9(14(12)16)8-19-13-6-5-10(17)7-11(13)15/h2-7H,8,17H2,1H3. The number of ether oxygens (including phenoxy) is 1. The first kappa shape index (κ1) is 14.2. The van der Waals surface area contributed by atoms with Crippen LogP contribution in [0.4, 0.5) is 10.1 Å². The Bertz CT molecular complexity index is 592. The molecule has 5 heteroatoms. The van der Waals surface area contributed by atoms with Crippen LogP contribution in [-0.4, -0.2) is 7.11 Å². The number of hydrogen-bond donors (Lipinski definition) is 1. The van der Waals surface area contributed by atoms with Crippen molar-refractivity contribution in [2.24, 2.45) is 0 Å². The fourth-order valence-electron chi connectivity index (χ4n) is 1.62. The van der Waals surface area contributed by atoms with Gasteiger partial charge < -0.3 is 10.5 Å². The van der Waals surface area contributed by atoms with E-state index in [9.17, 15) is 4.39 Å². The Morgan fingerprint density at radius 3 is 2.79 bits per heavy atom. The van der Waals surface area contributed by atoms with Crippen LogP contribution in [0.5, 0.6) is 5.75 Å². The maximum absolute atomic E-state index is 14.0. The Kier molecular flexibility index (Phi) is 4.71. The molecule has 0 heterocycles. The third kappa shape index (κ3) is 3.42. The third-order valence-corrected chi connectivity index (χ3v) is 4.64. The maximum atomic E-state index is 14.0. The van der Waals surface area contributed by atoms with Gasteiger partial charge in [0.05, 0.1) is 7.11 Å². The van der Waals surface area contributed by atoms with Crippen molar-refractivity contribution in [2.75, 3.05) is 12.8 Å². The largest absolute Gasteiger partial charge is 0.494 e. The van der Waals surface area contributed by atoms with Crippen molar-refractivity contribution in [3.8, 4) is 5.75 Å². The number of hydrogen-bond acceptors (Lipinski definition) is 3. The van der Waals surface area contributed by atoms with Crippen LogP contribution < -0.4 is 10.5 Å². The van der Waals surface area contributed by atoms with Gasteiger partial charge in [-0.1, -0.05) is 12.1 Å². The topological polar surface area (TPSA) is 35.2 Å². The van der Waals surface area contributed by atoms with Gasteiger partial charge in [-0.25, -0.2) is 4.39 Å². The van der Waals surface area contributed by atoms with Crippen LogP contribution in [-0.2, 0) is 5.75 Å². The Hall–Kier alpha value is -1.20. The fourth-order valence-corrected chi connectivity index (χ4v) is 3.25. The summed E-state index contributed by atoms with van der Waals surface area (Å²) >= 11 is 4.99. The van der Waals surface area contributed by atoms with Gasteiger partial charge in [0.25, 0.3) is 0 Å². The summed E-state index contributed by atoms with van der Waals surface area (Å²) in [5.74, 6) is 0.504. The summed E-state index contributed by atoms with van der Waals surface area (Å²) in [4.78, 5) is 1.02. The van der Waals surface area contributed by atoms with Crippen LogP contribution in [0.1, 0.15) is 5.56 Å². The minimum absolute atomic E-state index is 0.273. The van der Waals surface area contributed by atoms with Gasteiger partial charge in [0.2, 0.25) is 0 Å². The Morgan fingerprint density at radius 2 is 2.11 bits per heavy atom. The highest BCUT2D eigenvalue weighted by atomic mass is 79.9. The zero-order valence-corrected chi connectivity index (χ0v) is 12.7. The van der Waals surface area contributed by atoms with Crippen LogP contribution in [0.3, 0.4) is 0 Å². The minimum Gasteiger partial charge on any atom is -0.494 e. The first-order valence-electron chi connectivity index (χ1n) is 5.61. The molecule has 0 aliphatic carbocycles. The number of anilines is 1. The lowest BCUT2D eigenvalue weighted by Crippen LogP contribution is -1.93. The highest BCUT2D eigenvalue weighted by Gasteiger charge is 2.09. The van der Waals surface area contributed by atoms with E-state index < -0.39 is 0 Å². The van der Waals surface area contributed by atoms with Crippen LogP contribution in [0, 0.1) is 5.82 Å². The molecule has 0 aromatic heterocycles. The molecule has 19 heavy (non-hydrogen) atoms. The third-order valence-electron chi connectivity index (χ3n) is 2.60. The highest BCUT2D eigenvalue weighted by Crippen LogP contribution is 2.33. The van der Waals surface area contributed by atoms with Crippen LogP contribution in [0.15, 0.2) is 45.8 Å². The summed E-state index contributed by atoms with van der Waals surface area (Å²) in [6, 6.07) is 10.7. The fraction of sp³-hybridized carbons (Fsp3) is 0.143. The first-order valence-corrected chi connectivity index (χ1v) is 7.39. The van der Waals surface area contributed by atoms with Gasteiger partial charge in [-0.2, -0.15) is 0 Å². The average molecular weight is 342 g/mol. The predicted molar refractivity (Wildman–Crippen MR) is 81.1 cm³/mol. The van der Waals surface area contributed by atoms with Crippen molar-refractivity contribution in [2.45, 2.75) is 10.6 Å². The molecule has 0 unspecified atom stereocenters. The minimum atomic E-state index is -0.302. The second-order valence-corrected chi connectivity index (χ2v) is 5.78. The summed E-state index contributed by atoms with van der Waals surface area (Å²) in [6.45, 7) is 0. The van der Waals surface area contributed by atoms with Crippen molar-refractivity contribution in [3.05, 3.63) is 52.3 Å². The van der Waals surface area contributed by atoms with Crippen molar-refractivity contribution in [1.29, 1.82) is 0 Å². The second-order valence-electron chi connectivity index (χ2n) is 3.91. The molecule has 0 fully saturated rings. The van der Waals surface area contributed by atoms with Gasteiger partial charge in [0.1, 0.15) is 0 Å². The lowest BCUT2D eigenvalue weighted by atomic mass is 10.2. The SMILES string of the molecule is COc1cccc(CSc2ccc(N)cc2Br)c1F. The molecule has 0 bridgehead atoms. The van der Waals surface area contributed by atoms with E-state index in [1.165, 1.54) is 7.11 Å². The quantitative estimate of drug-likeness (QED) is 0.658. The van der Waals surface area contributed by atoms with E-state index in [0.717, 1.165) is 9.37 Å². The molecule has 0 amide bonds. The number of benzene rings is 2. The van der Waals surface area contributed by atoms with Gasteiger partial charge >= 0.3 is 0 Å². The summed E-state index contributed by atoms with van der Waals surface area (Å²) < 4.78 is 19.9. The van der Waals surface area contributed by atoms with Crippen molar-refractivity contribution in [3.63, 3.8) is 0 Å². The van der Waals surface area contributed by atoms with Gasteiger partial charge in [-0.15, -0.1) is 11.8 Å². The smallest absolute Gasteiger partial charge is 0.169 e.